The highest BCUT2D eigenvalue weighted by atomic mass is 16.5. The van der Waals surface area contributed by atoms with Gasteiger partial charge in [0.25, 0.3) is 11.8 Å². The van der Waals surface area contributed by atoms with Gasteiger partial charge in [0.2, 0.25) is 0 Å². The molecule has 1 saturated heterocycles. The number of hydrogen-bond donors (Lipinski definition) is 1. The summed E-state index contributed by atoms with van der Waals surface area (Å²) >= 11 is 0. The Hall–Kier alpha value is -3.90. The van der Waals surface area contributed by atoms with Gasteiger partial charge in [0.05, 0.1) is 12.2 Å². The van der Waals surface area contributed by atoms with E-state index >= 15 is 0 Å². The van der Waals surface area contributed by atoms with Crippen molar-refractivity contribution in [3.05, 3.63) is 101 Å². The molecule has 2 aliphatic heterocycles. The van der Waals surface area contributed by atoms with E-state index in [0.717, 1.165) is 36.4 Å². The largest absolute Gasteiger partial charge is 0.449 e. The molecule has 0 spiro atoms. The van der Waals surface area contributed by atoms with E-state index in [2.05, 4.69) is 22.3 Å². The van der Waals surface area contributed by atoms with E-state index in [1.165, 1.54) is 31.2 Å². The van der Waals surface area contributed by atoms with Crippen molar-refractivity contribution < 1.29 is 14.3 Å². The standard InChI is InChI=1S/C32H35N3O3/c1-24-10-12-26(13-11-24)23-35-28-8-4-5-9-29(28)38-30(32(35)37)22-25-14-16-27(17-15-25)31(36)33-18-21-34-19-6-2-3-7-20-34/h4-5,8-17,22H,2-3,6-7,18-21,23H2,1H3,(H,33,36). The molecule has 6 nitrogen and oxygen atoms in total. The van der Waals surface area contributed by atoms with Crippen LogP contribution < -0.4 is 15.0 Å². The van der Waals surface area contributed by atoms with E-state index in [0.29, 0.717) is 24.4 Å². The Kier molecular flexibility index (Phi) is 8.19. The van der Waals surface area contributed by atoms with Crippen molar-refractivity contribution in [2.24, 2.45) is 0 Å². The molecular formula is C32H35N3O3. The molecule has 3 aromatic rings. The topological polar surface area (TPSA) is 61.9 Å². The first-order valence-corrected chi connectivity index (χ1v) is 13.5. The highest BCUT2D eigenvalue weighted by molar-refractivity contribution is 6.09. The third-order valence-corrected chi connectivity index (χ3v) is 7.18. The highest BCUT2D eigenvalue weighted by Crippen LogP contribution is 2.36. The predicted octanol–water partition coefficient (Wildman–Crippen LogP) is 5.57. The van der Waals surface area contributed by atoms with Gasteiger partial charge in [-0.15, -0.1) is 0 Å². The van der Waals surface area contributed by atoms with Gasteiger partial charge in [0, 0.05) is 18.7 Å². The molecule has 5 rings (SSSR count). The fourth-order valence-corrected chi connectivity index (χ4v) is 4.97. The molecule has 0 aromatic heterocycles. The number of nitrogens with zero attached hydrogens (tertiary/aromatic N) is 2. The van der Waals surface area contributed by atoms with Crippen LogP contribution in [0.25, 0.3) is 6.08 Å². The van der Waals surface area contributed by atoms with Crippen molar-refractivity contribution in [3.63, 3.8) is 0 Å². The lowest BCUT2D eigenvalue weighted by Crippen LogP contribution is -2.36. The molecule has 1 fully saturated rings. The minimum Gasteiger partial charge on any atom is -0.449 e. The van der Waals surface area contributed by atoms with Crippen LogP contribution in [-0.2, 0) is 11.3 Å². The fourth-order valence-electron chi connectivity index (χ4n) is 4.97. The number of benzene rings is 3. The first-order valence-electron chi connectivity index (χ1n) is 13.5. The molecule has 3 aromatic carbocycles. The third kappa shape index (κ3) is 6.32. The number of fused-ring (bicyclic) bond motifs is 1. The SMILES string of the molecule is Cc1ccc(CN2C(=O)C(=Cc3ccc(C(=O)NCCN4CCCCCC4)cc3)Oc3ccccc32)cc1. The number of nitrogens with one attached hydrogen (secondary N) is 1. The Balaban J connectivity index is 1.26. The summed E-state index contributed by atoms with van der Waals surface area (Å²) in [4.78, 5) is 30.3. The number of para-hydroxylation sites is 2. The van der Waals surface area contributed by atoms with Gasteiger partial charge in [-0.1, -0.05) is 66.9 Å². The number of aryl methyl sites for hydroxylation is 1. The summed E-state index contributed by atoms with van der Waals surface area (Å²) in [6, 6.07) is 23.0. The van der Waals surface area contributed by atoms with Gasteiger partial charge in [-0.2, -0.15) is 0 Å². The summed E-state index contributed by atoms with van der Waals surface area (Å²) in [5.74, 6) is 0.623. The molecule has 196 valence electrons. The van der Waals surface area contributed by atoms with Gasteiger partial charge < -0.3 is 15.0 Å². The molecule has 0 unspecified atom stereocenters. The van der Waals surface area contributed by atoms with Crippen molar-refractivity contribution in [1.82, 2.24) is 10.2 Å². The van der Waals surface area contributed by atoms with Crippen LogP contribution in [0.15, 0.2) is 78.6 Å². The molecule has 1 N–H and O–H groups in total. The second-order valence-corrected chi connectivity index (χ2v) is 10.1. The lowest BCUT2D eigenvalue weighted by molar-refractivity contribution is -0.117. The normalized spacial score (nSPS) is 17.0. The lowest BCUT2D eigenvalue weighted by Gasteiger charge is -2.30. The second kappa shape index (κ2) is 12.1. The van der Waals surface area contributed by atoms with Crippen LogP contribution >= 0.6 is 0 Å². The maximum absolute atomic E-state index is 13.5. The number of ether oxygens (including phenoxy) is 1. The molecule has 6 heteroatoms. The number of carbonyl (C=O) groups excluding carboxylic acids is 2. The minimum absolute atomic E-state index is 0.0813. The first kappa shape index (κ1) is 25.7. The van der Waals surface area contributed by atoms with E-state index in [1.807, 2.05) is 55.5 Å². The van der Waals surface area contributed by atoms with Crippen molar-refractivity contribution in [1.29, 1.82) is 0 Å². The summed E-state index contributed by atoms with van der Waals surface area (Å²) in [7, 11) is 0. The molecular weight excluding hydrogens is 474 g/mol. The average Bonchev–Trinajstić information content (AvgIpc) is 3.21. The van der Waals surface area contributed by atoms with Crippen LogP contribution in [0.1, 0.15) is 52.7 Å². The zero-order valence-corrected chi connectivity index (χ0v) is 22.0. The van der Waals surface area contributed by atoms with Gasteiger partial charge in [-0.25, -0.2) is 0 Å². The van der Waals surface area contributed by atoms with Crippen molar-refractivity contribution >= 4 is 23.6 Å². The number of hydrogen-bond acceptors (Lipinski definition) is 4. The molecule has 0 atom stereocenters. The van der Waals surface area contributed by atoms with Crippen LogP contribution in [-0.4, -0.2) is 42.9 Å². The maximum Gasteiger partial charge on any atom is 0.294 e. The number of carbonyl (C=O) groups is 2. The van der Waals surface area contributed by atoms with Crippen LogP contribution in [0, 0.1) is 6.92 Å². The summed E-state index contributed by atoms with van der Waals surface area (Å²) in [5.41, 5.74) is 4.38. The number of anilines is 1. The van der Waals surface area contributed by atoms with Gasteiger partial charge in [0.15, 0.2) is 11.5 Å². The van der Waals surface area contributed by atoms with Crippen molar-refractivity contribution in [2.75, 3.05) is 31.1 Å². The van der Waals surface area contributed by atoms with Crippen LogP contribution in [0.3, 0.4) is 0 Å². The molecule has 38 heavy (non-hydrogen) atoms. The molecule has 2 heterocycles. The van der Waals surface area contributed by atoms with E-state index in [4.69, 9.17) is 4.74 Å². The van der Waals surface area contributed by atoms with Crippen LogP contribution in [0.5, 0.6) is 5.75 Å². The monoisotopic (exact) mass is 509 g/mol. The highest BCUT2D eigenvalue weighted by Gasteiger charge is 2.30. The van der Waals surface area contributed by atoms with Crippen molar-refractivity contribution in [3.8, 4) is 5.75 Å². The third-order valence-electron chi connectivity index (χ3n) is 7.18. The minimum atomic E-state index is -0.195. The van der Waals surface area contributed by atoms with Crippen LogP contribution in [0.2, 0.25) is 0 Å². The zero-order valence-electron chi connectivity index (χ0n) is 22.0. The Morgan fingerprint density at radius 1 is 0.921 bits per heavy atom. The number of rotatable bonds is 7. The predicted molar refractivity (Wildman–Crippen MR) is 151 cm³/mol. The van der Waals surface area contributed by atoms with Crippen LogP contribution in [0.4, 0.5) is 5.69 Å². The van der Waals surface area contributed by atoms with E-state index in [-0.39, 0.29) is 17.6 Å². The summed E-state index contributed by atoms with van der Waals surface area (Å²) in [6.07, 6.45) is 6.83. The lowest BCUT2D eigenvalue weighted by atomic mass is 10.1. The summed E-state index contributed by atoms with van der Waals surface area (Å²) < 4.78 is 6.02. The molecule has 0 saturated carbocycles. The van der Waals surface area contributed by atoms with Gasteiger partial charge in [0.1, 0.15) is 0 Å². The molecule has 2 aliphatic rings. The van der Waals surface area contributed by atoms with E-state index in [1.54, 1.807) is 23.1 Å². The summed E-state index contributed by atoms with van der Waals surface area (Å²) in [6.45, 7) is 6.26. The molecule has 0 bridgehead atoms. The van der Waals surface area contributed by atoms with Gasteiger partial charge in [-0.05, 0) is 74.3 Å². The van der Waals surface area contributed by atoms with E-state index < -0.39 is 0 Å². The summed E-state index contributed by atoms with van der Waals surface area (Å²) in [5, 5.41) is 3.04. The van der Waals surface area contributed by atoms with E-state index in [9.17, 15) is 9.59 Å². The van der Waals surface area contributed by atoms with Gasteiger partial charge in [-0.3, -0.25) is 14.5 Å². The number of amides is 2. The average molecular weight is 510 g/mol. The van der Waals surface area contributed by atoms with Crippen molar-refractivity contribution in [2.45, 2.75) is 39.2 Å². The Labute approximate surface area is 224 Å². The van der Waals surface area contributed by atoms with Gasteiger partial charge >= 0.3 is 0 Å². The Bertz CT molecular complexity index is 1290. The molecule has 0 radical (unpaired) electrons. The molecule has 0 aliphatic carbocycles. The molecule has 2 amide bonds. The smallest absolute Gasteiger partial charge is 0.294 e. The first-order chi connectivity index (χ1) is 18.6. The Morgan fingerprint density at radius 3 is 2.37 bits per heavy atom. The maximum atomic E-state index is 13.5. The zero-order chi connectivity index (χ0) is 26.3. The second-order valence-electron chi connectivity index (χ2n) is 10.1. The quantitative estimate of drug-likeness (QED) is 0.423. The fraction of sp³-hybridized carbons (Fsp3) is 0.312. The Morgan fingerprint density at radius 2 is 1.63 bits per heavy atom. The number of likely N-dealkylation sites (tertiary alicyclic amines) is 1.